The van der Waals surface area contributed by atoms with Gasteiger partial charge in [-0.15, -0.1) is 0 Å². The molecule has 4 heterocycles. The van der Waals surface area contributed by atoms with Crippen LogP contribution in [0.3, 0.4) is 0 Å². The summed E-state index contributed by atoms with van der Waals surface area (Å²) in [5, 5.41) is 1.31. The summed E-state index contributed by atoms with van der Waals surface area (Å²) in [6.07, 6.45) is 3.15. The molecule has 210 valence electrons. The molecule has 5 rings (SSSR count). The molecule has 0 unspecified atom stereocenters. The van der Waals surface area contributed by atoms with Crippen LogP contribution >= 0.6 is 11.6 Å². The lowest BCUT2D eigenvalue weighted by molar-refractivity contribution is -0.142. The third kappa shape index (κ3) is 5.06. The third-order valence-corrected chi connectivity index (χ3v) is 8.37. The van der Waals surface area contributed by atoms with Crippen molar-refractivity contribution < 1.29 is 14.4 Å². The SMILES string of the molecule is C=CC(=O)N1CC(N(C)C(=O)Cn2c(C)c(C(=O)N3CCN(c4ccc(C)cn4)CC3)c3cc(Cl)cc(C)c32)C1. The summed E-state index contributed by atoms with van der Waals surface area (Å²) in [6.45, 7) is 13.0. The van der Waals surface area contributed by atoms with E-state index in [0.717, 1.165) is 33.5 Å². The predicted molar refractivity (Wildman–Crippen MR) is 157 cm³/mol. The van der Waals surface area contributed by atoms with E-state index in [4.69, 9.17) is 11.6 Å². The smallest absolute Gasteiger partial charge is 0.256 e. The van der Waals surface area contributed by atoms with Crippen molar-refractivity contribution in [3.8, 4) is 0 Å². The van der Waals surface area contributed by atoms with Gasteiger partial charge in [0.05, 0.1) is 17.1 Å². The van der Waals surface area contributed by atoms with Crippen molar-refractivity contribution >= 4 is 46.0 Å². The second kappa shape index (κ2) is 11.0. The van der Waals surface area contributed by atoms with Crippen LogP contribution in [-0.2, 0) is 16.1 Å². The highest BCUT2D eigenvalue weighted by Crippen LogP contribution is 2.33. The fourth-order valence-corrected chi connectivity index (χ4v) is 5.93. The van der Waals surface area contributed by atoms with Crippen LogP contribution < -0.4 is 4.90 Å². The Bertz CT molecular complexity index is 1480. The second-order valence-corrected chi connectivity index (χ2v) is 11.2. The molecule has 3 amide bonds. The number of likely N-dealkylation sites (tertiary alicyclic amines) is 1. The van der Waals surface area contributed by atoms with E-state index in [-0.39, 0.29) is 30.3 Å². The van der Waals surface area contributed by atoms with Gasteiger partial charge in [-0.2, -0.15) is 0 Å². The van der Waals surface area contributed by atoms with Crippen LogP contribution in [-0.4, -0.2) is 94.3 Å². The number of likely N-dealkylation sites (N-methyl/N-ethyl adjacent to an activating group) is 1. The Kier molecular flexibility index (Phi) is 7.59. The molecule has 10 heteroatoms. The first-order valence-corrected chi connectivity index (χ1v) is 13.9. The zero-order valence-electron chi connectivity index (χ0n) is 23.5. The molecule has 0 radical (unpaired) electrons. The van der Waals surface area contributed by atoms with E-state index >= 15 is 0 Å². The second-order valence-electron chi connectivity index (χ2n) is 10.7. The molecule has 3 aromatic rings. The third-order valence-electron chi connectivity index (χ3n) is 8.15. The van der Waals surface area contributed by atoms with Gasteiger partial charge in [-0.25, -0.2) is 4.98 Å². The molecule has 0 aliphatic carbocycles. The quantitative estimate of drug-likeness (QED) is 0.430. The van der Waals surface area contributed by atoms with Gasteiger partial charge in [-0.1, -0.05) is 24.2 Å². The zero-order chi connectivity index (χ0) is 28.7. The van der Waals surface area contributed by atoms with Crippen molar-refractivity contribution in [1.82, 2.24) is 24.3 Å². The largest absolute Gasteiger partial charge is 0.353 e. The van der Waals surface area contributed by atoms with Crippen molar-refractivity contribution in [2.24, 2.45) is 0 Å². The fourth-order valence-electron chi connectivity index (χ4n) is 5.65. The molecular formula is C30H35ClN6O3. The van der Waals surface area contributed by atoms with Crippen LogP contribution in [0.25, 0.3) is 10.9 Å². The van der Waals surface area contributed by atoms with Gasteiger partial charge >= 0.3 is 0 Å². The summed E-state index contributed by atoms with van der Waals surface area (Å²) in [4.78, 5) is 51.1. The number of carbonyl (C=O) groups is 3. The summed E-state index contributed by atoms with van der Waals surface area (Å²) in [5.74, 6) is 0.649. The zero-order valence-corrected chi connectivity index (χ0v) is 24.2. The Balaban J connectivity index is 1.37. The molecule has 0 spiro atoms. The van der Waals surface area contributed by atoms with Gasteiger partial charge in [-0.05, 0) is 56.2 Å². The van der Waals surface area contributed by atoms with E-state index in [2.05, 4.69) is 16.5 Å². The summed E-state index contributed by atoms with van der Waals surface area (Å²) < 4.78 is 1.94. The number of anilines is 1. The lowest BCUT2D eigenvalue weighted by Crippen LogP contribution is -2.61. The van der Waals surface area contributed by atoms with Crippen LogP contribution in [0.5, 0.6) is 0 Å². The minimum atomic E-state index is -0.129. The molecule has 0 bridgehead atoms. The number of piperazine rings is 1. The summed E-state index contributed by atoms with van der Waals surface area (Å²) in [6, 6.07) is 7.70. The highest BCUT2D eigenvalue weighted by atomic mass is 35.5. The molecule has 0 saturated carbocycles. The van der Waals surface area contributed by atoms with Gasteiger partial charge < -0.3 is 24.2 Å². The van der Waals surface area contributed by atoms with Crippen molar-refractivity contribution in [3.63, 3.8) is 0 Å². The molecule has 2 aliphatic heterocycles. The van der Waals surface area contributed by atoms with Crippen molar-refractivity contribution in [2.75, 3.05) is 51.2 Å². The average Bonchev–Trinajstić information content (AvgIpc) is 3.18. The van der Waals surface area contributed by atoms with Crippen molar-refractivity contribution in [3.05, 3.63) is 70.5 Å². The Morgan fingerprint density at radius 1 is 1.07 bits per heavy atom. The van der Waals surface area contributed by atoms with Crippen LogP contribution in [0.2, 0.25) is 5.02 Å². The highest BCUT2D eigenvalue weighted by Gasteiger charge is 2.35. The van der Waals surface area contributed by atoms with E-state index in [9.17, 15) is 14.4 Å². The van der Waals surface area contributed by atoms with Gasteiger partial charge in [0.2, 0.25) is 11.8 Å². The lowest BCUT2D eigenvalue weighted by Gasteiger charge is -2.43. The number of hydrogen-bond donors (Lipinski definition) is 0. The maximum Gasteiger partial charge on any atom is 0.256 e. The van der Waals surface area contributed by atoms with Gasteiger partial charge in [0.25, 0.3) is 5.91 Å². The molecule has 1 aromatic carbocycles. The summed E-state index contributed by atoms with van der Waals surface area (Å²) in [5.41, 5.74) is 4.19. The first-order chi connectivity index (χ1) is 19.1. The molecule has 40 heavy (non-hydrogen) atoms. The number of rotatable bonds is 6. The van der Waals surface area contributed by atoms with Gasteiger partial charge in [-0.3, -0.25) is 14.4 Å². The van der Waals surface area contributed by atoms with Crippen LogP contribution in [0.15, 0.2) is 43.1 Å². The Morgan fingerprint density at radius 3 is 2.40 bits per heavy atom. The minimum Gasteiger partial charge on any atom is -0.353 e. The van der Waals surface area contributed by atoms with Crippen LogP contribution in [0.4, 0.5) is 5.82 Å². The van der Waals surface area contributed by atoms with Crippen molar-refractivity contribution in [2.45, 2.75) is 33.4 Å². The number of nitrogens with zero attached hydrogens (tertiary/aromatic N) is 6. The van der Waals surface area contributed by atoms with Crippen LogP contribution in [0, 0.1) is 20.8 Å². The number of halogens is 1. The number of hydrogen-bond acceptors (Lipinski definition) is 5. The Hall–Kier alpha value is -3.85. The number of carbonyl (C=O) groups excluding carboxylic acids is 3. The minimum absolute atomic E-state index is 0.0468. The topological polar surface area (TPSA) is 82.0 Å². The van der Waals surface area contributed by atoms with Crippen LogP contribution in [0.1, 0.15) is 27.2 Å². The van der Waals surface area contributed by atoms with Gasteiger partial charge in [0.15, 0.2) is 0 Å². The normalized spacial score (nSPS) is 15.8. The maximum absolute atomic E-state index is 14.0. The Morgan fingerprint density at radius 2 is 1.77 bits per heavy atom. The molecule has 2 aliphatic rings. The highest BCUT2D eigenvalue weighted by molar-refractivity contribution is 6.31. The monoisotopic (exact) mass is 562 g/mol. The first kappa shape index (κ1) is 27.7. The molecule has 9 nitrogen and oxygen atoms in total. The fraction of sp³-hybridized carbons (Fsp3) is 0.400. The number of aromatic nitrogens is 2. The van der Waals surface area contributed by atoms with Gasteiger partial charge in [0.1, 0.15) is 12.4 Å². The number of pyridine rings is 1. The number of aryl methyl sites for hydroxylation is 2. The van der Waals surface area contributed by atoms with E-state index in [0.29, 0.717) is 49.9 Å². The molecule has 0 N–H and O–H groups in total. The standard InChI is InChI=1S/C30H35ClN6O3/c1-6-26(38)36-16-23(17-36)33(5)27(39)18-37-21(4)28(24-14-22(31)13-20(3)29(24)37)30(40)35-11-9-34(10-12-35)25-8-7-19(2)15-32-25/h6-8,13-15,23H,1,9-12,16-18H2,2-5H3. The number of fused-ring (bicyclic) bond motifs is 1. The van der Waals surface area contributed by atoms with Gasteiger partial charge in [0, 0.05) is 68.6 Å². The van der Waals surface area contributed by atoms with E-state index in [1.807, 2.05) is 60.7 Å². The molecule has 2 aromatic heterocycles. The predicted octanol–water partition coefficient (Wildman–Crippen LogP) is 3.43. The average molecular weight is 563 g/mol. The Labute approximate surface area is 239 Å². The van der Waals surface area contributed by atoms with E-state index in [1.165, 1.54) is 6.08 Å². The summed E-state index contributed by atoms with van der Waals surface area (Å²) >= 11 is 6.46. The summed E-state index contributed by atoms with van der Waals surface area (Å²) in [7, 11) is 1.77. The first-order valence-electron chi connectivity index (χ1n) is 13.5. The number of benzene rings is 1. The maximum atomic E-state index is 14.0. The number of amides is 3. The van der Waals surface area contributed by atoms with E-state index in [1.54, 1.807) is 16.8 Å². The van der Waals surface area contributed by atoms with Crippen molar-refractivity contribution in [1.29, 1.82) is 0 Å². The molecule has 2 fully saturated rings. The lowest BCUT2D eigenvalue weighted by atomic mass is 10.1. The molecule has 0 atom stereocenters. The molecule has 2 saturated heterocycles. The molecular weight excluding hydrogens is 528 g/mol. The van der Waals surface area contributed by atoms with E-state index < -0.39 is 0 Å².